The van der Waals surface area contributed by atoms with Gasteiger partial charge < -0.3 is 9.38 Å². The van der Waals surface area contributed by atoms with E-state index in [0.717, 1.165) is 18.8 Å². The molecular formula is C17H37NO4P+. The van der Waals surface area contributed by atoms with E-state index in [1.165, 1.54) is 51.4 Å². The number of nitrogens with zero attached hydrogens (tertiary/aromatic N) is 1. The quantitative estimate of drug-likeness (QED) is 0.323. The summed E-state index contributed by atoms with van der Waals surface area (Å²) in [6.45, 7) is 1.22. The SMILES string of the molecule is C[N+](C)(C)CCOP(=O)(O)OCCCCCCC1CCCCC1. The van der Waals surface area contributed by atoms with Crippen LogP contribution >= 0.6 is 7.82 Å². The third-order valence-corrected chi connectivity index (χ3v) is 5.52. The van der Waals surface area contributed by atoms with Gasteiger partial charge >= 0.3 is 7.82 Å². The van der Waals surface area contributed by atoms with Crippen LogP contribution in [0.2, 0.25) is 0 Å². The Kier molecular flexibility index (Phi) is 9.95. The minimum absolute atomic E-state index is 0.235. The second-order valence-corrected chi connectivity index (χ2v) is 9.31. The predicted molar refractivity (Wildman–Crippen MR) is 94.3 cm³/mol. The lowest BCUT2D eigenvalue weighted by Crippen LogP contribution is -2.37. The van der Waals surface area contributed by atoms with Gasteiger partial charge in [-0.25, -0.2) is 4.57 Å². The van der Waals surface area contributed by atoms with E-state index in [1.807, 2.05) is 21.1 Å². The summed E-state index contributed by atoms with van der Waals surface area (Å²) in [5.41, 5.74) is 0. The number of unbranched alkanes of at least 4 members (excludes halogenated alkanes) is 3. The number of likely N-dealkylation sites (N-methyl/N-ethyl adjacent to an activating group) is 1. The topological polar surface area (TPSA) is 55.8 Å². The lowest BCUT2D eigenvalue weighted by Gasteiger charge is -2.24. The molecule has 0 amide bonds. The van der Waals surface area contributed by atoms with E-state index >= 15 is 0 Å². The van der Waals surface area contributed by atoms with Gasteiger partial charge in [-0.2, -0.15) is 0 Å². The summed E-state index contributed by atoms with van der Waals surface area (Å²) < 4.78 is 22.4. The first-order valence-electron chi connectivity index (χ1n) is 9.21. The second-order valence-electron chi connectivity index (χ2n) is 7.86. The molecule has 0 aromatic rings. The molecule has 1 saturated carbocycles. The van der Waals surface area contributed by atoms with Crippen LogP contribution in [0.25, 0.3) is 0 Å². The van der Waals surface area contributed by atoms with Gasteiger partial charge in [0.25, 0.3) is 0 Å². The lowest BCUT2D eigenvalue weighted by molar-refractivity contribution is -0.870. The molecule has 1 fully saturated rings. The molecule has 1 aliphatic rings. The second kappa shape index (κ2) is 10.8. The van der Waals surface area contributed by atoms with Crippen LogP contribution in [0.15, 0.2) is 0 Å². The number of phosphoric ester groups is 1. The third kappa shape index (κ3) is 12.1. The third-order valence-electron chi connectivity index (χ3n) is 4.50. The maximum absolute atomic E-state index is 11.7. The standard InChI is InChI=1S/C17H36NO4P/c1-18(2,3)14-16-22-23(19,20)21-15-10-5-4-7-11-17-12-8-6-9-13-17/h17H,4-16H2,1-3H3/p+1. The summed E-state index contributed by atoms with van der Waals surface area (Å²) in [6, 6.07) is 0. The van der Waals surface area contributed by atoms with Crippen molar-refractivity contribution in [2.75, 3.05) is 40.9 Å². The molecule has 1 atom stereocenters. The minimum atomic E-state index is -3.87. The minimum Gasteiger partial charge on any atom is -0.329 e. The molecule has 1 aliphatic carbocycles. The van der Waals surface area contributed by atoms with Crippen molar-refractivity contribution in [1.82, 2.24) is 0 Å². The summed E-state index contributed by atoms with van der Waals surface area (Å²) in [4.78, 5) is 9.59. The van der Waals surface area contributed by atoms with Gasteiger partial charge in [-0.15, -0.1) is 0 Å². The Labute approximate surface area is 142 Å². The summed E-state index contributed by atoms with van der Waals surface area (Å²) >= 11 is 0. The van der Waals surface area contributed by atoms with Crippen molar-refractivity contribution in [3.63, 3.8) is 0 Å². The van der Waals surface area contributed by atoms with Crippen LogP contribution in [0.1, 0.15) is 64.2 Å². The van der Waals surface area contributed by atoms with E-state index in [1.54, 1.807) is 0 Å². The zero-order valence-corrected chi connectivity index (χ0v) is 16.2. The molecule has 1 unspecified atom stereocenters. The Balaban J connectivity index is 1.95. The van der Waals surface area contributed by atoms with E-state index in [9.17, 15) is 9.46 Å². The monoisotopic (exact) mass is 350 g/mol. The predicted octanol–water partition coefficient (Wildman–Crippen LogP) is 4.36. The molecule has 0 spiro atoms. The summed E-state index contributed by atoms with van der Waals surface area (Å²) in [6.07, 6.45) is 12.8. The van der Waals surface area contributed by atoms with Gasteiger partial charge in [0.1, 0.15) is 13.2 Å². The molecule has 1 N–H and O–H groups in total. The first-order valence-corrected chi connectivity index (χ1v) is 10.7. The highest BCUT2D eigenvalue weighted by atomic mass is 31.2. The Bertz CT molecular complexity index is 351. The van der Waals surface area contributed by atoms with Crippen molar-refractivity contribution in [3.05, 3.63) is 0 Å². The van der Waals surface area contributed by atoms with Gasteiger partial charge in [0.2, 0.25) is 0 Å². The van der Waals surface area contributed by atoms with Gasteiger partial charge in [0.15, 0.2) is 0 Å². The van der Waals surface area contributed by atoms with Crippen molar-refractivity contribution >= 4 is 7.82 Å². The smallest absolute Gasteiger partial charge is 0.329 e. The van der Waals surface area contributed by atoms with Crippen LogP contribution in [0, 0.1) is 5.92 Å². The summed E-state index contributed by atoms with van der Waals surface area (Å²) in [5.74, 6) is 0.951. The number of hydrogen-bond acceptors (Lipinski definition) is 3. The van der Waals surface area contributed by atoms with Crippen molar-refractivity contribution in [1.29, 1.82) is 0 Å². The Morgan fingerprint density at radius 3 is 2.22 bits per heavy atom. The van der Waals surface area contributed by atoms with Crippen LogP contribution in [-0.4, -0.2) is 50.3 Å². The highest BCUT2D eigenvalue weighted by Gasteiger charge is 2.22. The van der Waals surface area contributed by atoms with E-state index in [-0.39, 0.29) is 6.61 Å². The average molecular weight is 350 g/mol. The van der Waals surface area contributed by atoms with Gasteiger partial charge in [0.05, 0.1) is 27.7 Å². The first-order chi connectivity index (χ1) is 10.8. The van der Waals surface area contributed by atoms with Gasteiger partial charge in [0, 0.05) is 0 Å². The van der Waals surface area contributed by atoms with Crippen LogP contribution in [-0.2, 0) is 13.6 Å². The maximum atomic E-state index is 11.7. The average Bonchev–Trinajstić information content (AvgIpc) is 2.45. The molecule has 0 radical (unpaired) electrons. The van der Waals surface area contributed by atoms with Crippen molar-refractivity contribution in [2.45, 2.75) is 64.2 Å². The number of hydrogen-bond donors (Lipinski definition) is 1. The molecule has 23 heavy (non-hydrogen) atoms. The normalized spacial score (nSPS) is 19.7. The molecule has 0 saturated heterocycles. The molecule has 138 valence electrons. The van der Waals surface area contributed by atoms with E-state index in [2.05, 4.69) is 0 Å². The molecular weight excluding hydrogens is 313 g/mol. The van der Waals surface area contributed by atoms with Crippen molar-refractivity contribution in [2.24, 2.45) is 5.92 Å². The molecule has 1 rings (SSSR count). The molecule has 0 aromatic heterocycles. The van der Waals surface area contributed by atoms with E-state index in [4.69, 9.17) is 9.05 Å². The summed E-state index contributed by atoms with van der Waals surface area (Å²) in [5, 5.41) is 0. The van der Waals surface area contributed by atoms with Crippen molar-refractivity contribution in [3.8, 4) is 0 Å². The van der Waals surface area contributed by atoms with E-state index in [0.29, 0.717) is 17.6 Å². The molecule has 0 aliphatic heterocycles. The molecule has 5 nitrogen and oxygen atoms in total. The van der Waals surface area contributed by atoms with Crippen LogP contribution < -0.4 is 0 Å². The number of rotatable bonds is 12. The fraction of sp³-hybridized carbons (Fsp3) is 1.00. The van der Waals surface area contributed by atoms with Crippen molar-refractivity contribution < 1.29 is 23.0 Å². The molecule has 0 heterocycles. The van der Waals surface area contributed by atoms with Gasteiger partial charge in [-0.1, -0.05) is 57.8 Å². The first kappa shape index (κ1) is 21.1. The Hall–Kier alpha value is 0.0700. The van der Waals surface area contributed by atoms with Gasteiger partial charge in [-0.3, -0.25) is 9.05 Å². The summed E-state index contributed by atoms with van der Waals surface area (Å²) in [7, 11) is 2.18. The van der Waals surface area contributed by atoms with Gasteiger partial charge in [-0.05, 0) is 12.3 Å². The Morgan fingerprint density at radius 1 is 0.957 bits per heavy atom. The maximum Gasteiger partial charge on any atom is 0.472 e. The largest absolute Gasteiger partial charge is 0.472 e. The Morgan fingerprint density at radius 2 is 1.57 bits per heavy atom. The van der Waals surface area contributed by atoms with Crippen LogP contribution in [0.5, 0.6) is 0 Å². The lowest BCUT2D eigenvalue weighted by atomic mass is 9.85. The fourth-order valence-electron chi connectivity index (χ4n) is 3.01. The van der Waals surface area contributed by atoms with Crippen LogP contribution in [0.4, 0.5) is 0 Å². The highest BCUT2D eigenvalue weighted by molar-refractivity contribution is 7.47. The molecule has 6 heteroatoms. The zero-order valence-electron chi connectivity index (χ0n) is 15.3. The number of phosphoric acid groups is 1. The zero-order chi connectivity index (χ0) is 17.2. The number of quaternary nitrogens is 1. The highest BCUT2D eigenvalue weighted by Crippen LogP contribution is 2.43. The van der Waals surface area contributed by atoms with E-state index < -0.39 is 7.82 Å². The molecule has 0 bridgehead atoms. The molecule has 0 aromatic carbocycles. The van der Waals surface area contributed by atoms with Crippen LogP contribution in [0.3, 0.4) is 0 Å². The fourth-order valence-corrected chi connectivity index (χ4v) is 3.76.